The third kappa shape index (κ3) is 4.91. The fourth-order valence-electron chi connectivity index (χ4n) is 3.35. The van der Waals surface area contributed by atoms with Crippen LogP contribution in [0.5, 0.6) is 0 Å². The number of nitrogens with zero attached hydrogens (tertiary/aromatic N) is 5. The van der Waals surface area contributed by atoms with E-state index >= 15 is 0 Å². The lowest BCUT2D eigenvalue weighted by Gasteiger charge is -2.35. The zero-order chi connectivity index (χ0) is 19.9. The van der Waals surface area contributed by atoms with E-state index in [9.17, 15) is 4.79 Å². The van der Waals surface area contributed by atoms with Gasteiger partial charge in [-0.3, -0.25) is 0 Å². The van der Waals surface area contributed by atoms with Crippen molar-refractivity contribution in [3.63, 3.8) is 0 Å². The first-order valence-electron chi connectivity index (χ1n) is 9.92. The highest BCUT2D eigenvalue weighted by atomic mass is 16.6. The molecule has 1 aliphatic heterocycles. The van der Waals surface area contributed by atoms with Crippen molar-refractivity contribution in [1.82, 2.24) is 14.9 Å². The van der Waals surface area contributed by atoms with Crippen LogP contribution in [0.4, 0.5) is 16.4 Å². The number of aryl methyl sites for hydroxylation is 1. The molecule has 3 rings (SSSR count). The van der Waals surface area contributed by atoms with Gasteiger partial charge in [0.1, 0.15) is 17.5 Å². The largest absolute Gasteiger partial charge is 0.450 e. The molecule has 1 aromatic carbocycles. The van der Waals surface area contributed by atoms with Gasteiger partial charge in [-0.15, -0.1) is 0 Å². The molecule has 0 N–H and O–H groups in total. The predicted octanol–water partition coefficient (Wildman–Crippen LogP) is 3.09. The maximum absolute atomic E-state index is 11.9. The molecule has 2 heterocycles. The molecule has 0 bridgehead atoms. The summed E-state index contributed by atoms with van der Waals surface area (Å²) in [6, 6.07) is 12.5. The molecule has 0 saturated carbocycles. The van der Waals surface area contributed by atoms with Gasteiger partial charge in [0, 0.05) is 45.3 Å². The van der Waals surface area contributed by atoms with Gasteiger partial charge in [0.2, 0.25) is 0 Å². The zero-order valence-corrected chi connectivity index (χ0v) is 17.0. The van der Waals surface area contributed by atoms with Crippen molar-refractivity contribution in [1.29, 1.82) is 0 Å². The van der Waals surface area contributed by atoms with Gasteiger partial charge in [-0.2, -0.15) is 0 Å². The van der Waals surface area contributed by atoms with Crippen LogP contribution in [0.15, 0.2) is 36.4 Å². The van der Waals surface area contributed by atoms with Crippen molar-refractivity contribution in [3.8, 4) is 0 Å². The molecule has 1 amide bonds. The predicted molar refractivity (Wildman–Crippen MR) is 111 cm³/mol. The Labute approximate surface area is 166 Å². The lowest BCUT2D eigenvalue weighted by molar-refractivity contribution is 0.105. The van der Waals surface area contributed by atoms with Crippen LogP contribution in [0, 0.1) is 6.92 Å². The van der Waals surface area contributed by atoms with Crippen LogP contribution in [0.3, 0.4) is 0 Å². The van der Waals surface area contributed by atoms with E-state index in [0.29, 0.717) is 19.7 Å². The topological polar surface area (TPSA) is 61.8 Å². The van der Waals surface area contributed by atoms with Crippen LogP contribution in [0.25, 0.3) is 0 Å². The standard InChI is InChI=1S/C21H29N5O2/c1-4-24(16-18-9-7-6-8-10-18)19-15-20(23-17(3)22-19)25-11-13-26(14-12-25)21(27)28-5-2/h6-10,15H,4-5,11-14,16H2,1-3H3. The van der Waals surface area contributed by atoms with Crippen molar-refractivity contribution >= 4 is 17.7 Å². The molecule has 150 valence electrons. The number of ether oxygens (including phenoxy) is 1. The Hall–Kier alpha value is -2.83. The lowest BCUT2D eigenvalue weighted by atomic mass is 10.2. The highest BCUT2D eigenvalue weighted by Gasteiger charge is 2.23. The van der Waals surface area contributed by atoms with Crippen LogP contribution >= 0.6 is 0 Å². The number of anilines is 2. The number of carbonyl (C=O) groups excluding carboxylic acids is 1. The zero-order valence-electron chi connectivity index (χ0n) is 17.0. The molecule has 7 nitrogen and oxygen atoms in total. The maximum atomic E-state index is 11.9. The molecule has 2 aromatic rings. The fourth-order valence-corrected chi connectivity index (χ4v) is 3.35. The van der Waals surface area contributed by atoms with Crippen molar-refractivity contribution in [2.75, 3.05) is 49.1 Å². The van der Waals surface area contributed by atoms with Gasteiger partial charge in [-0.1, -0.05) is 30.3 Å². The van der Waals surface area contributed by atoms with Crippen LogP contribution in [-0.2, 0) is 11.3 Å². The van der Waals surface area contributed by atoms with E-state index in [2.05, 4.69) is 57.0 Å². The lowest BCUT2D eigenvalue weighted by Crippen LogP contribution is -2.49. The van der Waals surface area contributed by atoms with Crippen molar-refractivity contribution in [2.24, 2.45) is 0 Å². The minimum Gasteiger partial charge on any atom is -0.450 e. The first kappa shape index (κ1) is 19.9. The second-order valence-electron chi connectivity index (χ2n) is 6.80. The average molecular weight is 383 g/mol. The normalized spacial score (nSPS) is 14.1. The third-order valence-electron chi connectivity index (χ3n) is 4.86. The number of aromatic nitrogens is 2. The third-order valence-corrected chi connectivity index (χ3v) is 4.86. The summed E-state index contributed by atoms with van der Waals surface area (Å²) in [6.07, 6.45) is -0.235. The first-order valence-corrected chi connectivity index (χ1v) is 9.92. The van der Waals surface area contributed by atoms with E-state index in [1.165, 1.54) is 5.56 Å². The van der Waals surface area contributed by atoms with Crippen LogP contribution in [0.1, 0.15) is 25.2 Å². The SMILES string of the molecule is CCOC(=O)N1CCN(c2cc(N(CC)Cc3ccccc3)nc(C)n2)CC1. The smallest absolute Gasteiger partial charge is 0.409 e. The Morgan fingerprint density at radius 1 is 1.11 bits per heavy atom. The summed E-state index contributed by atoms with van der Waals surface area (Å²) in [4.78, 5) is 27.4. The molecule has 1 aromatic heterocycles. The summed E-state index contributed by atoms with van der Waals surface area (Å²) in [5, 5.41) is 0. The molecule has 0 atom stereocenters. The van der Waals surface area contributed by atoms with Gasteiger partial charge in [0.05, 0.1) is 6.61 Å². The van der Waals surface area contributed by atoms with E-state index in [-0.39, 0.29) is 6.09 Å². The number of hydrogen-bond donors (Lipinski definition) is 0. The second kappa shape index (κ2) is 9.39. The molecule has 0 unspecified atom stereocenters. The Balaban J connectivity index is 1.72. The molecular formula is C21H29N5O2. The summed E-state index contributed by atoms with van der Waals surface area (Å²) >= 11 is 0. The number of piperazine rings is 1. The molecule has 0 radical (unpaired) electrons. The summed E-state index contributed by atoms with van der Waals surface area (Å²) in [7, 11) is 0. The van der Waals surface area contributed by atoms with Crippen molar-refractivity contribution in [2.45, 2.75) is 27.3 Å². The van der Waals surface area contributed by atoms with Gasteiger partial charge in [0.25, 0.3) is 0 Å². The summed E-state index contributed by atoms with van der Waals surface area (Å²) in [5.74, 6) is 2.60. The van der Waals surface area contributed by atoms with E-state index in [4.69, 9.17) is 4.74 Å². The Bertz CT molecular complexity index is 776. The van der Waals surface area contributed by atoms with E-state index in [1.54, 1.807) is 4.90 Å². The van der Waals surface area contributed by atoms with E-state index < -0.39 is 0 Å². The van der Waals surface area contributed by atoms with E-state index in [1.807, 2.05) is 19.9 Å². The molecule has 1 fully saturated rings. The summed E-state index contributed by atoms with van der Waals surface area (Å²) < 4.78 is 5.10. The molecule has 0 aliphatic carbocycles. The summed E-state index contributed by atoms with van der Waals surface area (Å²) in [6.45, 7) is 10.7. The number of benzene rings is 1. The minimum absolute atomic E-state index is 0.235. The molecule has 28 heavy (non-hydrogen) atoms. The number of hydrogen-bond acceptors (Lipinski definition) is 6. The molecular weight excluding hydrogens is 354 g/mol. The first-order chi connectivity index (χ1) is 13.6. The van der Waals surface area contributed by atoms with Crippen LogP contribution in [-0.4, -0.2) is 60.3 Å². The monoisotopic (exact) mass is 383 g/mol. The Kier molecular flexibility index (Phi) is 6.68. The number of rotatable bonds is 6. The molecule has 0 spiro atoms. The Morgan fingerprint density at radius 3 is 2.46 bits per heavy atom. The number of carbonyl (C=O) groups is 1. The minimum atomic E-state index is -0.235. The summed E-state index contributed by atoms with van der Waals surface area (Å²) in [5.41, 5.74) is 1.25. The molecule has 1 saturated heterocycles. The molecule has 1 aliphatic rings. The van der Waals surface area contributed by atoms with Gasteiger partial charge in [-0.05, 0) is 26.3 Å². The second-order valence-corrected chi connectivity index (χ2v) is 6.80. The number of amides is 1. The average Bonchev–Trinajstić information content (AvgIpc) is 2.72. The van der Waals surface area contributed by atoms with Crippen molar-refractivity contribution < 1.29 is 9.53 Å². The van der Waals surface area contributed by atoms with Gasteiger partial charge in [0.15, 0.2) is 0 Å². The van der Waals surface area contributed by atoms with Crippen molar-refractivity contribution in [3.05, 3.63) is 47.8 Å². The van der Waals surface area contributed by atoms with Gasteiger partial charge < -0.3 is 19.4 Å². The molecule has 7 heteroatoms. The maximum Gasteiger partial charge on any atom is 0.409 e. The van der Waals surface area contributed by atoms with Crippen LogP contribution in [0.2, 0.25) is 0 Å². The van der Waals surface area contributed by atoms with Gasteiger partial charge in [-0.25, -0.2) is 14.8 Å². The quantitative estimate of drug-likeness (QED) is 0.764. The highest BCUT2D eigenvalue weighted by molar-refractivity contribution is 5.68. The van der Waals surface area contributed by atoms with Crippen LogP contribution < -0.4 is 9.80 Å². The van der Waals surface area contributed by atoms with Gasteiger partial charge >= 0.3 is 6.09 Å². The van der Waals surface area contributed by atoms with E-state index in [0.717, 1.165) is 43.6 Å². The highest BCUT2D eigenvalue weighted by Crippen LogP contribution is 2.22. The Morgan fingerprint density at radius 2 is 1.82 bits per heavy atom. The fraction of sp³-hybridized carbons (Fsp3) is 0.476.